The molecule has 0 spiro atoms. The summed E-state index contributed by atoms with van der Waals surface area (Å²) in [5, 5.41) is 31.5. The van der Waals surface area contributed by atoms with Crippen LogP contribution in [-0.4, -0.2) is 68.0 Å². The van der Waals surface area contributed by atoms with E-state index in [4.69, 9.17) is 4.98 Å². The highest BCUT2D eigenvalue weighted by atomic mass is 16.4. The van der Waals surface area contributed by atoms with E-state index in [0.29, 0.717) is 35.5 Å². The Balaban J connectivity index is 1.70. The standard InChI is InChI=1S/C26H30N6O3/c1-16(2)24-28-21-22(25(33)30-29-23(21)27-13-14-31(3)4)32(24)15-17-9-11-18(12-10-17)19-7-5-6-8-20(19)26(34)35/h5-12,16H,13-15H2,1-4H3,(H,27,29)(H,30,33)(H,34,35). The minimum atomic E-state index is -0.956. The highest BCUT2D eigenvalue weighted by Gasteiger charge is 2.21. The molecule has 0 bridgehead atoms. The lowest BCUT2D eigenvalue weighted by atomic mass is 9.98. The molecule has 182 valence electrons. The quantitative estimate of drug-likeness (QED) is 0.333. The largest absolute Gasteiger partial charge is 0.491 e. The number of aromatic hydroxyl groups is 1. The number of carboxylic acid groups (broad SMARTS) is 1. The molecule has 0 unspecified atom stereocenters. The van der Waals surface area contributed by atoms with Crippen LogP contribution in [0.25, 0.3) is 22.2 Å². The first-order chi connectivity index (χ1) is 16.8. The number of hydrogen-bond donors (Lipinski definition) is 3. The van der Waals surface area contributed by atoms with Crippen molar-refractivity contribution in [2.45, 2.75) is 26.3 Å². The summed E-state index contributed by atoms with van der Waals surface area (Å²) in [6.07, 6.45) is 0. The van der Waals surface area contributed by atoms with Crippen LogP contribution in [0.2, 0.25) is 0 Å². The predicted octanol–water partition coefficient (Wildman–Crippen LogP) is 4.04. The van der Waals surface area contributed by atoms with Crippen molar-refractivity contribution in [1.82, 2.24) is 24.6 Å². The van der Waals surface area contributed by atoms with Crippen LogP contribution in [0.5, 0.6) is 5.88 Å². The van der Waals surface area contributed by atoms with Crippen molar-refractivity contribution in [3.63, 3.8) is 0 Å². The second-order valence-electron chi connectivity index (χ2n) is 9.06. The molecule has 2 heterocycles. The molecule has 3 N–H and O–H groups in total. The maximum absolute atomic E-state index is 11.6. The van der Waals surface area contributed by atoms with Crippen LogP contribution in [0.4, 0.5) is 5.82 Å². The zero-order valence-electron chi connectivity index (χ0n) is 20.4. The second-order valence-corrected chi connectivity index (χ2v) is 9.06. The van der Waals surface area contributed by atoms with E-state index < -0.39 is 5.97 Å². The van der Waals surface area contributed by atoms with Crippen LogP contribution in [-0.2, 0) is 6.54 Å². The van der Waals surface area contributed by atoms with Gasteiger partial charge in [-0.25, -0.2) is 9.78 Å². The summed E-state index contributed by atoms with van der Waals surface area (Å²) in [4.78, 5) is 18.5. The van der Waals surface area contributed by atoms with Crippen molar-refractivity contribution in [1.29, 1.82) is 0 Å². The third-order valence-electron chi connectivity index (χ3n) is 5.81. The molecule has 0 saturated heterocycles. The topological polar surface area (TPSA) is 116 Å². The van der Waals surface area contributed by atoms with Gasteiger partial charge in [0.15, 0.2) is 5.82 Å². The van der Waals surface area contributed by atoms with Gasteiger partial charge in [-0.3, -0.25) is 0 Å². The first kappa shape index (κ1) is 24.2. The van der Waals surface area contributed by atoms with Crippen LogP contribution in [0.3, 0.4) is 0 Å². The van der Waals surface area contributed by atoms with Crippen molar-refractivity contribution in [3.05, 3.63) is 65.5 Å². The van der Waals surface area contributed by atoms with E-state index in [1.807, 2.05) is 49.0 Å². The lowest BCUT2D eigenvalue weighted by Gasteiger charge is -2.13. The Hall–Kier alpha value is -3.98. The molecule has 0 radical (unpaired) electrons. The van der Waals surface area contributed by atoms with Crippen LogP contribution < -0.4 is 5.32 Å². The number of aromatic carboxylic acids is 1. The maximum atomic E-state index is 11.6. The Labute approximate surface area is 204 Å². The molecular weight excluding hydrogens is 444 g/mol. The van der Waals surface area contributed by atoms with Crippen LogP contribution in [0.1, 0.15) is 41.5 Å². The lowest BCUT2D eigenvalue weighted by Crippen LogP contribution is -2.21. The van der Waals surface area contributed by atoms with Crippen LogP contribution in [0, 0.1) is 0 Å². The molecule has 35 heavy (non-hydrogen) atoms. The second kappa shape index (κ2) is 10.1. The van der Waals surface area contributed by atoms with Crippen LogP contribution in [0.15, 0.2) is 48.5 Å². The van der Waals surface area contributed by atoms with Gasteiger partial charge in [0.25, 0.3) is 5.88 Å². The van der Waals surface area contributed by atoms with E-state index in [9.17, 15) is 15.0 Å². The summed E-state index contributed by atoms with van der Waals surface area (Å²) in [5.74, 6) is 0.354. The molecule has 0 aliphatic carbocycles. The molecule has 2 aromatic heterocycles. The monoisotopic (exact) mass is 474 g/mol. The van der Waals surface area contributed by atoms with Gasteiger partial charge in [-0.1, -0.05) is 56.3 Å². The SMILES string of the molecule is CC(C)c1nc2c(NCCN(C)C)nnc(O)c2n1Cc1ccc(-c2ccccc2C(=O)O)cc1. The number of anilines is 1. The number of imidazole rings is 1. The van der Waals surface area contributed by atoms with Crippen molar-refractivity contribution >= 4 is 22.8 Å². The van der Waals surface area contributed by atoms with Gasteiger partial charge in [0.2, 0.25) is 0 Å². The Morgan fingerprint density at radius 3 is 2.46 bits per heavy atom. The van der Waals surface area contributed by atoms with Gasteiger partial charge in [0, 0.05) is 25.6 Å². The van der Waals surface area contributed by atoms with E-state index in [1.165, 1.54) is 0 Å². The van der Waals surface area contributed by atoms with Gasteiger partial charge < -0.3 is 25.0 Å². The van der Waals surface area contributed by atoms with Gasteiger partial charge in [-0.2, -0.15) is 0 Å². The highest BCUT2D eigenvalue weighted by molar-refractivity contribution is 5.96. The zero-order chi connectivity index (χ0) is 25.1. The van der Waals surface area contributed by atoms with Crippen LogP contribution >= 0.6 is 0 Å². The number of hydrogen-bond acceptors (Lipinski definition) is 7. The number of carbonyl (C=O) groups is 1. The van der Waals surface area contributed by atoms with E-state index in [-0.39, 0.29) is 17.4 Å². The third-order valence-corrected chi connectivity index (χ3v) is 5.81. The zero-order valence-corrected chi connectivity index (χ0v) is 20.4. The van der Waals surface area contributed by atoms with Gasteiger partial charge in [0.1, 0.15) is 16.9 Å². The number of rotatable bonds is 9. The predicted molar refractivity (Wildman–Crippen MR) is 136 cm³/mol. The Morgan fingerprint density at radius 1 is 1.09 bits per heavy atom. The Morgan fingerprint density at radius 2 is 1.80 bits per heavy atom. The van der Waals surface area contributed by atoms with Crippen molar-refractivity contribution in [3.8, 4) is 17.0 Å². The van der Waals surface area contributed by atoms with Crippen molar-refractivity contribution in [2.75, 3.05) is 32.5 Å². The van der Waals surface area contributed by atoms with E-state index >= 15 is 0 Å². The minimum absolute atomic E-state index is 0.109. The first-order valence-electron chi connectivity index (χ1n) is 11.5. The molecule has 0 amide bonds. The number of aromatic nitrogens is 4. The molecule has 0 saturated carbocycles. The normalized spacial score (nSPS) is 11.5. The maximum Gasteiger partial charge on any atom is 0.336 e. The molecule has 9 heteroatoms. The number of nitrogens with zero attached hydrogens (tertiary/aromatic N) is 5. The van der Waals surface area contributed by atoms with E-state index in [0.717, 1.165) is 23.5 Å². The molecular formula is C26H30N6O3. The fourth-order valence-corrected chi connectivity index (χ4v) is 4.07. The molecule has 0 fully saturated rings. The highest BCUT2D eigenvalue weighted by Crippen LogP contribution is 2.32. The van der Waals surface area contributed by atoms with Crippen molar-refractivity contribution < 1.29 is 15.0 Å². The average Bonchev–Trinajstić information content (AvgIpc) is 3.21. The van der Waals surface area contributed by atoms with Gasteiger partial charge in [0.05, 0.1) is 5.56 Å². The van der Waals surface area contributed by atoms with Crippen molar-refractivity contribution in [2.24, 2.45) is 0 Å². The summed E-state index contributed by atoms with van der Waals surface area (Å²) >= 11 is 0. The van der Waals surface area contributed by atoms with E-state index in [2.05, 4.69) is 34.3 Å². The molecule has 0 aliphatic heterocycles. The summed E-state index contributed by atoms with van der Waals surface area (Å²) in [5.41, 5.74) is 3.88. The third kappa shape index (κ3) is 5.09. The molecule has 4 aromatic rings. The molecule has 0 aliphatic rings. The summed E-state index contributed by atoms with van der Waals surface area (Å²) < 4.78 is 1.97. The number of likely N-dealkylation sites (N-methyl/N-ethyl adjacent to an activating group) is 1. The minimum Gasteiger partial charge on any atom is -0.491 e. The fraction of sp³-hybridized carbons (Fsp3) is 0.308. The summed E-state index contributed by atoms with van der Waals surface area (Å²) in [6.45, 7) is 6.08. The van der Waals surface area contributed by atoms with E-state index in [1.54, 1.807) is 18.2 Å². The molecule has 0 atom stereocenters. The number of carboxylic acids is 1. The lowest BCUT2D eigenvalue weighted by molar-refractivity contribution is 0.0697. The van der Waals surface area contributed by atoms with Gasteiger partial charge >= 0.3 is 5.97 Å². The molecule has 2 aromatic carbocycles. The number of nitrogens with one attached hydrogen (secondary N) is 1. The Kier molecular flexibility index (Phi) is 6.97. The first-order valence-corrected chi connectivity index (χ1v) is 11.5. The average molecular weight is 475 g/mol. The Bertz CT molecular complexity index is 1350. The molecule has 4 rings (SSSR count). The summed E-state index contributed by atoms with van der Waals surface area (Å²) in [6, 6.07) is 14.7. The summed E-state index contributed by atoms with van der Waals surface area (Å²) in [7, 11) is 3.99. The fourth-order valence-electron chi connectivity index (χ4n) is 4.07. The van der Waals surface area contributed by atoms with Gasteiger partial charge in [-0.15, -0.1) is 10.2 Å². The number of fused-ring (bicyclic) bond motifs is 1. The molecule has 9 nitrogen and oxygen atoms in total. The number of benzene rings is 2. The smallest absolute Gasteiger partial charge is 0.336 e. The van der Waals surface area contributed by atoms with Gasteiger partial charge in [-0.05, 0) is 36.9 Å².